The Hall–Kier alpha value is -0.650. The van der Waals surface area contributed by atoms with Crippen LogP contribution in [0.3, 0.4) is 0 Å². The number of methoxy groups -OCH3 is 1. The number of hydroxylamine groups is 1. The molecule has 1 unspecified atom stereocenters. The van der Waals surface area contributed by atoms with Crippen LogP contribution >= 0.6 is 0 Å². The van der Waals surface area contributed by atoms with Gasteiger partial charge in [0.2, 0.25) is 5.91 Å². The summed E-state index contributed by atoms with van der Waals surface area (Å²) in [5, 5.41) is 2.91. The lowest BCUT2D eigenvalue weighted by Crippen LogP contribution is -2.34. The molecule has 0 aliphatic carbocycles. The number of hydrogen-bond donors (Lipinski definition) is 2. The number of hydrogen-bond acceptors (Lipinski definition) is 4. The smallest absolute Gasteiger partial charge is 0.247 e. The normalized spacial score (nSPS) is 12.5. The molecule has 0 aromatic carbocycles. The number of rotatable bonds is 7. The Morgan fingerprint density at radius 2 is 2.15 bits per heavy atom. The van der Waals surface area contributed by atoms with Crippen LogP contribution in [0, 0.1) is 5.92 Å². The van der Waals surface area contributed by atoms with Crippen molar-refractivity contribution >= 4 is 5.91 Å². The van der Waals surface area contributed by atoms with Gasteiger partial charge in [0, 0.05) is 19.6 Å². The maximum absolute atomic E-state index is 11.2. The maximum atomic E-state index is 11.2. The zero-order chi connectivity index (χ0) is 10.1. The third-order valence-corrected chi connectivity index (χ3v) is 1.52. The fourth-order valence-corrected chi connectivity index (χ4v) is 0.747. The van der Waals surface area contributed by atoms with Crippen LogP contribution in [0.25, 0.3) is 0 Å². The van der Waals surface area contributed by atoms with Crippen LogP contribution in [0.15, 0.2) is 0 Å². The first-order valence-corrected chi connectivity index (χ1v) is 4.27. The van der Waals surface area contributed by atoms with Crippen molar-refractivity contribution in [3.8, 4) is 0 Å². The summed E-state index contributed by atoms with van der Waals surface area (Å²) in [7, 11) is 3.38. The number of carbonyl (C=O) groups is 1. The summed E-state index contributed by atoms with van der Waals surface area (Å²) in [5.41, 5.74) is 2.34. The summed E-state index contributed by atoms with van der Waals surface area (Å²) in [6, 6.07) is 0. The summed E-state index contributed by atoms with van der Waals surface area (Å²) < 4.78 is 4.74. The predicted molar refractivity (Wildman–Crippen MR) is 49.1 cm³/mol. The van der Waals surface area contributed by atoms with E-state index in [1.807, 2.05) is 6.92 Å². The van der Waals surface area contributed by atoms with Gasteiger partial charge in [-0.05, 0) is 7.05 Å². The maximum Gasteiger partial charge on any atom is 0.247 e. The van der Waals surface area contributed by atoms with E-state index in [2.05, 4.69) is 10.8 Å². The predicted octanol–water partition coefficient (Wildman–Crippen LogP) is -0.464. The van der Waals surface area contributed by atoms with Crippen molar-refractivity contribution in [3.63, 3.8) is 0 Å². The molecular weight excluding hydrogens is 172 g/mol. The lowest BCUT2D eigenvalue weighted by molar-refractivity contribution is -0.138. The fourth-order valence-electron chi connectivity index (χ4n) is 0.747. The SMILES string of the molecule is CNCC(C)C(=O)NOCCOC. The second-order valence-corrected chi connectivity index (χ2v) is 2.77. The molecule has 0 spiro atoms. The molecule has 1 amide bonds. The molecule has 0 saturated heterocycles. The molecule has 13 heavy (non-hydrogen) atoms. The summed E-state index contributed by atoms with van der Waals surface area (Å²) in [6.07, 6.45) is 0. The highest BCUT2D eigenvalue weighted by Gasteiger charge is 2.10. The number of amides is 1. The Bertz CT molecular complexity index is 141. The summed E-state index contributed by atoms with van der Waals surface area (Å²) in [5.74, 6) is -0.210. The van der Waals surface area contributed by atoms with Crippen molar-refractivity contribution in [1.29, 1.82) is 0 Å². The zero-order valence-electron chi connectivity index (χ0n) is 8.42. The van der Waals surface area contributed by atoms with E-state index in [9.17, 15) is 4.79 Å². The van der Waals surface area contributed by atoms with Crippen LogP contribution in [0.1, 0.15) is 6.92 Å². The lowest BCUT2D eigenvalue weighted by Gasteiger charge is -2.10. The van der Waals surface area contributed by atoms with Crippen molar-refractivity contribution < 1.29 is 14.4 Å². The molecule has 0 aromatic heterocycles. The molecule has 0 aliphatic heterocycles. The van der Waals surface area contributed by atoms with Gasteiger partial charge < -0.3 is 10.1 Å². The van der Waals surface area contributed by atoms with Gasteiger partial charge in [-0.1, -0.05) is 6.92 Å². The number of carbonyl (C=O) groups excluding carboxylic acids is 1. The van der Waals surface area contributed by atoms with E-state index in [-0.39, 0.29) is 11.8 Å². The van der Waals surface area contributed by atoms with Crippen LogP contribution in [0.5, 0.6) is 0 Å². The van der Waals surface area contributed by atoms with Crippen molar-refractivity contribution in [2.75, 3.05) is 33.9 Å². The van der Waals surface area contributed by atoms with Crippen LogP contribution < -0.4 is 10.8 Å². The summed E-state index contributed by atoms with van der Waals surface area (Å²) in [6.45, 7) is 3.31. The van der Waals surface area contributed by atoms with Gasteiger partial charge in [0.1, 0.15) is 0 Å². The Labute approximate surface area is 78.7 Å². The molecule has 2 N–H and O–H groups in total. The molecule has 78 valence electrons. The topological polar surface area (TPSA) is 59.6 Å². The van der Waals surface area contributed by atoms with Gasteiger partial charge in [-0.3, -0.25) is 9.63 Å². The highest BCUT2D eigenvalue weighted by Crippen LogP contribution is 1.91. The van der Waals surface area contributed by atoms with E-state index in [0.29, 0.717) is 19.8 Å². The second kappa shape index (κ2) is 7.97. The van der Waals surface area contributed by atoms with Crippen LogP contribution in [-0.4, -0.2) is 39.8 Å². The molecule has 5 nitrogen and oxygen atoms in total. The van der Waals surface area contributed by atoms with Gasteiger partial charge in [0.05, 0.1) is 13.2 Å². The number of ether oxygens (including phenoxy) is 1. The molecule has 5 heteroatoms. The molecule has 1 atom stereocenters. The van der Waals surface area contributed by atoms with Gasteiger partial charge in [-0.25, -0.2) is 5.48 Å². The third-order valence-electron chi connectivity index (χ3n) is 1.52. The highest BCUT2D eigenvalue weighted by atomic mass is 16.7. The fraction of sp³-hybridized carbons (Fsp3) is 0.875. The molecule has 0 saturated carbocycles. The van der Waals surface area contributed by atoms with Crippen molar-refractivity contribution in [3.05, 3.63) is 0 Å². The standard InChI is InChI=1S/C8H18N2O3/c1-7(6-9-2)8(11)10-13-5-4-12-3/h7,9H,4-6H2,1-3H3,(H,10,11). The highest BCUT2D eigenvalue weighted by molar-refractivity contribution is 5.77. The molecular formula is C8H18N2O3. The summed E-state index contributed by atoms with van der Waals surface area (Å²) in [4.78, 5) is 16.0. The first-order chi connectivity index (χ1) is 6.22. The van der Waals surface area contributed by atoms with Crippen molar-refractivity contribution in [2.24, 2.45) is 5.92 Å². The Morgan fingerprint density at radius 3 is 2.69 bits per heavy atom. The van der Waals surface area contributed by atoms with Gasteiger partial charge in [-0.15, -0.1) is 0 Å². The third kappa shape index (κ3) is 6.51. The number of nitrogens with one attached hydrogen (secondary N) is 2. The molecule has 0 aliphatic rings. The molecule has 0 aromatic rings. The zero-order valence-corrected chi connectivity index (χ0v) is 8.42. The van der Waals surface area contributed by atoms with Crippen LogP contribution in [0.4, 0.5) is 0 Å². The second-order valence-electron chi connectivity index (χ2n) is 2.77. The molecule has 0 heterocycles. The van der Waals surface area contributed by atoms with Gasteiger partial charge >= 0.3 is 0 Å². The first-order valence-electron chi connectivity index (χ1n) is 4.27. The van der Waals surface area contributed by atoms with E-state index in [1.165, 1.54) is 0 Å². The lowest BCUT2D eigenvalue weighted by atomic mass is 10.2. The molecule has 0 bridgehead atoms. The molecule has 0 rings (SSSR count). The van der Waals surface area contributed by atoms with Gasteiger partial charge in [-0.2, -0.15) is 0 Å². The van der Waals surface area contributed by atoms with E-state index in [1.54, 1.807) is 14.2 Å². The van der Waals surface area contributed by atoms with E-state index >= 15 is 0 Å². The van der Waals surface area contributed by atoms with E-state index in [4.69, 9.17) is 9.57 Å². The average molecular weight is 190 g/mol. The quantitative estimate of drug-likeness (QED) is 0.421. The minimum absolute atomic E-state index is 0.0902. The Morgan fingerprint density at radius 1 is 1.46 bits per heavy atom. The molecule has 0 radical (unpaired) electrons. The summed E-state index contributed by atoms with van der Waals surface area (Å²) >= 11 is 0. The minimum atomic E-state index is -0.120. The monoisotopic (exact) mass is 190 g/mol. The van der Waals surface area contributed by atoms with Crippen molar-refractivity contribution in [1.82, 2.24) is 10.8 Å². The van der Waals surface area contributed by atoms with Crippen LogP contribution in [0.2, 0.25) is 0 Å². The van der Waals surface area contributed by atoms with Gasteiger partial charge in [0.15, 0.2) is 0 Å². The first kappa shape index (κ1) is 12.3. The van der Waals surface area contributed by atoms with E-state index in [0.717, 1.165) is 0 Å². The molecule has 0 fully saturated rings. The van der Waals surface area contributed by atoms with Crippen LogP contribution in [-0.2, 0) is 14.4 Å². The van der Waals surface area contributed by atoms with Gasteiger partial charge in [0.25, 0.3) is 0 Å². The average Bonchev–Trinajstić information content (AvgIpc) is 2.12. The van der Waals surface area contributed by atoms with E-state index < -0.39 is 0 Å². The minimum Gasteiger partial charge on any atom is -0.382 e. The van der Waals surface area contributed by atoms with Crippen molar-refractivity contribution in [2.45, 2.75) is 6.92 Å². The largest absolute Gasteiger partial charge is 0.382 e. The Balaban J connectivity index is 3.38. The Kier molecular flexibility index (Phi) is 7.57.